The van der Waals surface area contributed by atoms with Crippen molar-refractivity contribution in [2.45, 2.75) is 30.6 Å². The Morgan fingerprint density at radius 1 is 1.00 bits per heavy atom. The summed E-state index contributed by atoms with van der Waals surface area (Å²) in [7, 11) is -8.19. The van der Waals surface area contributed by atoms with Gasteiger partial charge in [0.2, 0.25) is 0 Å². The van der Waals surface area contributed by atoms with Gasteiger partial charge >= 0.3 is 0 Å². The number of benzene rings is 2. The molecule has 46 heavy (non-hydrogen) atoms. The van der Waals surface area contributed by atoms with E-state index in [1.54, 1.807) is 60.7 Å². The molecule has 3 heterocycles. The van der Waals surface area contributed by atoms with Gasteiger partial charge < -0.3 is 14.8 Å². The number of hydrogen-bond donors (Lipinski definition) is 1. The molecule has 4 aromatic rings. The summed E-state index contributed by atoms with van der Waals surface area (Å²) in [5.74, 6) is -0.386. The predicted molar refractivity (Wildman–Crippen MR) is 162 cm³/mol. The molecule has 3 atom stereocenters. The van der Waals surface area contributed by atoms with Crippen molar-refractivity contribution in [3.8, 4) is 0 Å². The molecule has 0 aliphatic carbocycles. The van der Waals surface area contributed by atoms with Crippen molar-refractivity contribution in [1.82, 2.24) is 19.5 Å². The average molecular weight is 673 g/mol. The highest BCUT2D eigenvalue weighted by molar-refractivity contribution is 7.86. The minimum Gasteiger partial charge on any atom is -0.370 e. The topological polar surface area (TPSA) is 227 Å². The molecular formula is C27H28N8O9S2. The molecule has 2 aromatic carbocycles. The van der Waals surface area contributed by atoms with E-state index >= 15 is 0 Å². The molecule has 19 heteroatoms. The number of amides is 1. The Labute approximate surface area is 263 Å². The standard InChI is InChI=1S/C27H28N8O9S2/c1-45(37,38)42-14-27(15-43-46(2,39)40)22(41-13-18-9-5-3-6-10-18)20(33-34-28)26(44-27)35-17-31-21-23(29-16-30-24(21)35)32-25(36)19-11-7-4-8-12-19/h3-12,16-17,20,22,26H,13-15H2,1-2H3,(H,29,30,32,36)/t20-,22+,26-/m1/s1. The third-order valence-electron chi connectivity index (χ3n) is 6.87. The fourth-order valence-electron chi connectivity index (χ4n) is 4.83. The molecule has 1 amide bonds. The van der Waals surface area contributed by atoms with Gasteiger partial charge in [-0.05, 0) is 23.2 Å². The van der Waals surface area contributed by atoms with E-state index in [0.717, 1.165) is 12.5 Å². The summed E-state index contributed by atoms with van der Waals surface area (Å²) in [5, 5.41) is 6.61. The molecule has 0 spiro atoms. The first-order chi connectivity index (χ1) is 21.9. The van der Waals surface area contributed by atoms with E-state index in [2.05, 4.69) is 30.3 Å². The van der Waals surface area contributed by atoms with E-state index in [1.807, 2.05) is 0 Å². The van der Waals surface area contributed by atoms with Crippen molar-refractivity contribution >= 4 is 43.1 Å². The first-order valence-electron chi connectivity index (χ1n) is 13.5. The second-order valence-corrected chi connectivity index (χ2v) is 13.6. The summed E-state index contributed by atoms with van der Waals surface area (Å²) in [6.07, 6.45) is 1.45. The Bertz CT molecular complexity index is 1930. The number of ether oxygens (including phenoxy) is 2. The number of hydrogen-bond acceptors (Lipinski definition) is 13. The van der Waals surface area contributed by atoms with E-state index in [1.165, 1.54) is 17.2 Å². The number of nitrogens with one attached hydrogen (secondary N) is 1. The molecule has 242 valence electrons. The van der Waals surface area contributed by atoms with Crippen LogP contribution in [-0.4, -0.2) is 85.7 Å². The van der Waals surface area contributed by atoms with E-state index in [4.69, 9.17) is 17.8 Å². The molecule has 5 rings (SSSR count). The van der Waals surface area contributed by atoms with Gasteiger partial charge in [0, 0.05) is 10.5 Å². The van der Waals surface area contributed by atoms with Crippen LogP contribution in [0.1, 0.15) is 22.1 Å². The Balaban J connectivity index is 1.58. The Kier molecular flexibility index (Phi) is 9.63. The second-order valence-electron chi connectivity index (χ2n) is 10.3. The van der Waals surface area contributed by atoms with Crippen molar-refractivity contribution < 1.29 is 39.5 Å². The van der Waals surface area contributed by atoms with Crippen LogP contribution in [0.15, 0.2) is 78.4 Å². The highest BCUT2D eigenvalue weighted by atomic mass is 32.2. The lowest BCUT2D eigenvalue weighted by Gasteiger charge is -2.33. The highest BCUT2D eigenvalue weighted by Crippen LogP contribution is 2.43. The predicted octanol–water partition coefficient (Wildman–Crippen LogP) is 2.56. The molecular weight excluding hydrogens is 644 g/mol. The van der Waals surface area contributed by atoms with Gasteiger partial charge in [-0.2, -0.15) is 16.8 Å². The first kappa shape index (κ1) is 32.9. The quantitative estimate of drug-likeness (QED) is 0.0935. The second kappa shape index (κ2) is 13.5. The number of fused-ring (bicyclic) bond motifs is 1. The zero-order valence-corrected chi connectivity index (χ0v) is 26.0. The Morgan fingerprint density at radius 2 is 1.63 bits per heavy atom. The molecule has 0 saturated carbocycles. The summed E-state index contributed by atoms with van der Waals surface area (Å²) in [6.45, 7) is -1.61. The van der Waals surface area contributed by atoms with Crippen molar-refractivity contribution in [2.24, 2.45) is 5.11 Å². The number of nitrogens with zero attached hydrogens (tertiary/aromatic N) is 7. The van der Waals surface area contributed by atoms with Gasteiger partial charge in [0.15, 0.2) is 17.0 Å². The van der Waals surface area contributed by atoms with Gasteiger partial charge in [0.1, 0.15) is 43.5 Å². The lowest BCUT2D eigenvalue weighted by atomic mass is 9.95. The maximum Gasteiger partial charge on any atom is 0.264 e. The molecule has 1 fully saturated rings. The van der Waals surface area contributed by atoms with Gasteiger partial charge in [-0.25, -0.2) is 15.0 Å². The van der Waals surface area contributed by atoms with E-state index in [0.29, 0.717) is 11.1 Å². The van der Waals surface area contributed by atoms with Crippen LogP contribution in [0.3, 0.4) is 0 Å². The molecule has 1 aliphatic heterocycles. The number of azide groups is 1. The van der Waals surface area contributed by atoms with Gasteiger partial charge in [-0.1, -0.05) is 53.6 Å². The molecule has 2 aromatic heterocycles. The summed E-state index contributed by atoms with van der Waals surface area (Å²) < 4.78 is 72.6. The number of anilines is 1. The smallest absolute Gasteiger partial charge is 0.264 e. The first-order valence-corrected chi connectivity index (χ1v) is 17.1. The fraction of sp³-hybridized carbons (Fsp3) is 0.333. The van der Waals surface area contributed by atoms with Crippen LogP contribution in [0.4, 0.5) is 5.82 Å². The molecule has 1 saturated heterocycles. The molecule has 1 aliphatic rings. The molecule has 0 bridgehead atoms. The van der Waals surface area contributed by atoms with Crippen LogP contribution in [-0.2, 0) is 44.7 Å². The van der Waals surface area contributed by atoms with Gasteiger partial charge in [0.25, 0.3) is 26.1 Å². The molecule has 0 radical (unpaired) electrons. The van der Waals surface area contributed by atoms with Gasteiger partial charge in [-0.15, -0.1) is 0 Å². The summed E-state index contributed by atoms with van der Waals surface area (Å²) in [5.41, 5.74) is 8.98. The lowest BCUT2D eigenvalue weighted by Crippen LogP contribution is -2.52. The number of carbonyl (C=O) groups is 1. The maximum absolute atomic E-state index is 12.9. The van der Waals surface area contributed by atoms with Crippen LogP contribution in [0, 0.1) is 0 Å². The van der Waals surface area contributed by atoms with Crippen molar-refractivity contribution in [1.29, 1.82) is 0 Å². The van der Waals surface area contributed by atoms with E-state index < -0.39 is 63.3 Å². The van der Waals surface area contributed by atoms with E-state index in [9.17, 15) is 27.2 Å². The average Bonchev–Trinajstić information content (AvgIpc) is 3.58. The Hall–Kier alpha value is -4.49. The van der Waals surface area contributed by atoms with Gasteiger partial charge in [0.05, 0.1) is 25.4 Å². The zero-order chi connectivity index (χ0) is 33.0. The van der Waals surface area contributed by atoms with Crippen molar-refractivity contribution in [2.75, 3.05) is 31.0 Å². The normalized spacial score (nSPS) is 19.5. The summed E-state index contributed by atoms with van der Waals surface area (Å²) in [6, 6.07) is 16.0. The van der Waals surface area contributed by atoms with Crippen molar-refractivity contribution in [3.05, 3.63) is 94.9 Å². The van der Waals surface area contributed by atoms with Crippen molar-refractivity contribution in [3.63, 3.8) is 0 Å². The van der Waals surface area contributed by atoms with Gasteiger partial charge in [-0.3, -0.25) is 17.7 Å². The van der Waals surface area contributed by atoms with Crippen LogP contribution in [0.5, 0.6) is 0 Å². The number of imidazole rings is 1. The molecule has 0 unspecified atom stereocenters. The number of carbonyl (C=O) groups excluding carboxylic acids is 1. The van der Waals surface area contributed by atoms with Crippen LogP contribution in [0.25, 0.3) is 21.6 Å². The molecule has 17 nitrogen and oxygen atoms in total. The van der Waals surface area contributed by atoms with Crippen LogP contribution >= 0.6 is 0 Å². The lowest BCUT2D eigenvalue weighted by molar-refractivity contribution is -0.152. The third-order valence-corrected chi connectivity index (χ3v) is 7.96. The summed E-state index contributed by atoms with van der Waals surface area (Å²) in [4.78, 5) is 28.6. The fourth-order valence-corrected chi connectivity index (χ4v) is 5.66. The zero-order valence-electron chi connectivity index (χ0n) is 24.4. The van der Waals surface area contributed by atoms with Crippen LogP contribution in [0.2, 0.25) is 0 Å². The number of rotatable bonds is 13. The number of aromatic nitrogens is 4. The SMILES string of the molecule is CS(=O)(=O)OCC1(COS(C)(=O)=O)O[C@@H](n2cnc3c(NC(=O)c4ccccc4)ncnc32)[C@H](N=[N+]=[N-])[C@@H]1OCc1ccccc1. The van der Waals surface area contributed by atoms with Crippen LogP contribution < -0.4 is 5.32 Å². The summed E-state index contributed by atoms with van der Waals surface area (Å²) >= 11 is 0. The minimum atomic E-state index is -4.09. The third kappa shape index (κ3) is 7.65. The monoisotopic (exact) mass is 672 g/mol. The maximum atomic E-state index is 12.9. The molecule has 1 N–H and O–H groups in total. The largest absolute Gasteiger partial charge is 0.370 e. The Morgan fingerprint density at radius 3 is 2.24 bits per heavy atom. The van der Waals surface area contributed by atoms with E-state index in [-0.39, 0.29) is 23.6 Å². The highest BCUT2D eigenvalue weighted by Gasteiger charge is 2.58. The minimum absolute atomic E-state index is 0.0684.